The molecule has 1 unspecified atom stereocenters. The summed E-state index contributed by atoms with van der Waals surface area (Å²) in [4.78, 5) is 10.7. The van der Waals surface area contributed by atoms with Crippen LogP contribution in [0.4, 0.5) is 8.78 Å². The summed E-state index contributed by atoms with van der Waals surface area (Å²) in [7, 11) is 1.56. The molecule has 0 radical (unpaired) electrons. The smallest absolute Gasteiger partial charge is 0.377 e. The standard InChI is InChI=1S/C10H17F2NO3/c1-9(2,6-15-3)13-5-7-4-10(11,12)8(14)16-7/h7,13H,4-6H2,1-3H3. The molecule has 6 heteroatoms. The van der Waals surface area contributed by atoms with E-state index < -0.39 is 24.4 Å². The molecule has 1 N–H and O–H groups in total. The van der Waals surface area contributed by atoms with Crippen LogP contribution in [-0.4, -0.2) is 43.8 Å². The number of rotatable bonds is 5. The Labute approximate surface area is 93.3 Å². The molecule has 16 heavy (non-hydrogen) atoms. The molecule has 0 aliphatic carbocycles. The second-order valence-electron chi connectivity index (χ2n) is 4.63. The average molecular weight is 237 g/mol. The second kappa shape index (κ2) is 4.63. The van der Waals surface area contributed by atoms with E-state index >= 15 is 0 Å². The quantitative estimate of drug-likeness (QED) is 0.723. The largest absolute Gasteiger partial charge is 0.456 e. The summed E-state index contributed by atoms with van der Waals surface area (Å²) < 4.78 is 35.2. The van der Waals surface area contributed by atoms with Crippen molar-refractivity contribution in [3.05, 3.63) is 0 Å². The minimum atomic E-state index is -3.34. The lowest BCUT2D eigenvalue weighted by molar-refractivity contribution is -0.159. The molecule has 1 fully saturated rings. The number of carbonyl (C=O) groups is 1. The summed E-state index contributed by atoms with van der Waals surface area (Å²) in [6.45, 7) is 4.42. The van der Waals surface area contributed by atoms with Crippen LogP contribution in [0, 0.1) is 0 Å². The summed E-state index contributed by atoms with van der Waals surface area (Å²) in [6.07, 6.45) is -1.32. The van der Waals surface area contributed by atoms with Crippen LogP contribution < -0.4 is 5.32 Å². The summed E-state index contributed by atoms with van der Waals surface area (Å²) in [5, 5.41) is 3.02. The molecule has 1 atom stereocenters. The van der Waals surface area contributed by atoms with Gasteiger partial charge in [-0.3, -0.25) is 0 Å². The van der Waals surface area contributed by atoms with Crippen molar-refractivity contribution < 1.29 is 23.0 Å². The lowest BCUT2D eigenvalue weighted by atomic mass is 10.1. The lowest BCUT2D eigenvalue weighted by Crippen LogP contribution is -2.46. The summed E-state index contributed by atoms with van der Waals surface area (Å²) in [5.74, 6) is -4.76. The fraction of sp³-hybridized carbons (Fsp3) is 0.900. The number of hydrogen-bond acceptors (Lipinski definition) is 4. The Morgan fingerprint density at radius 2 is 2.25 bits per heavy atom. The van der Waals surface area contributed by atoms with Gasteiger partial charge in [0.25, 0.3) is 0 Å². The van der Waals surface area contributed by atoms with E-state index in [-0.39, 0.29) is 12.1 Å². The molecule has 0 saturated carbocycles. The van der Waals surface area contributed by atoms with Crippen LogP contribution in [0.1, 0.15) is 20.3 Å². The predicted molar refractivity (Wildman–Crippen MR) is 53.4 cm³/mol. The van der Waals surface area contributed by atoms with Gasteiger partial charge in [0, 0.05) is 19.2 Å². The molecule has 0 spiro atoms. The van der Waals surface area contributed by atoms with Crippen molar-refractivity contribution in [2.75, 3.05) is 20.3 Å². The van der Waals surface area contributed by atoms with E-state index in [0.29, 0.717) is 6.61 Å². The molecule has 1 rings (SSSR count). The first-order valence-corrected chi connectivity index (χ1v) is 5.10. The van der Waals surface area contributed by atoms with E-state index in [1.54, 1.807) is 7.11 Å². The topological polar surface area (TPSA) is 47.6 Å². The van der Waals surface area contributed by atoms with Crippen LogP contribution in [0.2, 0.25) is 0 Å². The number of methoxy groups -OCH3 is 1. The Balaban J connectivity index is 2.38. The minimum Gasteiger partial charge on any atom is -0.456 e. The van der Waals surface area contributed by atoms with E-state index in [0.717, 1.165) is 0 Å². The van der Waals surface area contributed by atoms with Crippen molar-refractivity contribution in [1.82, 2.24) is 5.32 Å². The van der Waals surface area contributed by atoms with Gasteiger partial charge in [-0.25, -0.2) is 4.79 Å². The number of halogens is 2. The molecule has 0 aromatic heterocycles. The lowest BCUT2D eigenvalue weighted by Gasteiger charge is -2.26. The number of carbonyl (C=O) groups excluding carboxylic acids is 1. The monoisotopic (exact) mass is 237 g/mol. The molecule has 0 aromatic carbocycles. The van der Waals surface area contributed by atoms with Crippen LogP contribution in [-0.2, 0) is 14.3 Å². The fourth-order valence-electron chi connectivity index (χ4n) is 1.56. The van der Waals surface area contributed by atoms with Gasteiger partial charge in [-0.1, -0.05) is 0 Å². The average Bonchev–Trinajstić information content (AvgIpc) is 2.38. The van der Waals surface area contributed by atoms with Gasteiger partial charge in [0.15, 0.2) is 0 Å². The van der Waals surface area contributed by atoms with E-state index in [9.17, 15) is 13.6 Å². The molecule has 1 aliphatic heterocycles. The van der Waals surface area contributed by atoms with E-state index in [1.165, 1.54) is 0 Å². The van der Waals surface area contributed by atoms with Crippen LogP contribution in [0.3, 0.4) is 0 Å². The molecular formula is C10H17F2NO3. The number of ether oxygens (including phenoxy) is 2. The van der Waals surface area contributed by atoms with Gasteiger partial charge in [0.2, 0.25) is 0 Å². The molecular weight excluding hydrogens is 220 g/mol. The fourth-order valence-corrected chi connectivity index (χ4v) is 1.56. The number of alkyl halides is 2. The van der Waals surface area contributed by atoms with Gasteiger partial charge >= 0.3 is 11.9 Å². The predicted octanol–water partition coefficient (Wildman–Crippen LogP) is 0.952. The second-order valence-corrected chi connectivity index (χ2v) is 4.63. The van der Waals surface area contributed by atoms with E-state index in [4.69, 9.17) is 4.74 Å². The van der Waals surface area contributed by atoms with Crippen LogP contribution >= 0.6 is 0 Å². The van der Waals surface area contributed by atoms with E-state index in [2.05, 4.69) is 10.1 Å². The maximum atomic E-state index is 12.8. The first-order valence-electron chi connectivity index (χ1n) is 5.10. The van der Waals surface area contributed by atoms with Crippen molar-refractivity contribution in [2.45, 2.75) is 37.8 Å². The third-order valence-electron chi connectivity index (χ3n) is 2.37. The molecule has 0 amide bonds. The molecule has 1 heterocycles. The first-order chi connectivity index (χ1) is 7.27. The minimum absolute atomic E-state index is 0.206. The Morgan fingerprint density at radius 1 is 1.62 bits per heavy atom. The maximum absolute atomic E-state index is 12.8. The third-order valence-corrected chi connectivity index (χ3v) is 2.37. The zero-order valence-electron chi connectivity index (χ0n) is 9.68. The number of cyclic esters (lactones) is 1. The highest BCUT2D eigenvalue weighted by Crippen LogP contribution is 2.30. The summed E-state index contributed by atoms with van der Waals surface area (Å²) >= 11 is 0. The van der Waals surface area contributed by atoms with Gasteiger partial charge < -0.3 is 14.8 Å². The number of esters is 1. The molecule has 4 nitrogen and oxygen atoms in total. The van der Waals surface area contributed by atoms with Gasteiger partial charge in [0.05, 0.1) is 13.0 Å². The Bertz CT molecular complexity index is 269. The van der Waals surface area contributed by atoms with Crippen molar-refractivity contribution in [3.8, 4) is 0 Å². The molecule has 1 saturated heterocycles. The van der Waals surface area contributed by atoms with Gasteiger partial charge in [-0.05, 0) is 13.8 Å². The van der Waals surface area contributed by atoms with Crippen molar-refractivity contribution in [2.24, 2.45) is 0 Å². The van der Waals surface area contributed by atoms with Crippen LogP contribution in [0.5, 0.6) is 0 Å². The zero-order chi connectivity index (χ0) is 12.4. The molecule has 1 aliphatic rings. The number of nitrogens with one attached hydrogen (secondary N) is 1. The van der Waals surface area contributed by atoms with Crippen molar-refractivity contribution >= 4 is 5.97 Å². The zero-order valence-corrected chi connectivity index (χ0v) is 9.68. The Kier molecular flexibility index (Phi) is 3.85. The number of hydrogen-bond donors (Lipinski definition) is 1. The van der Waals surface area contributed by atoms with Gasteiger partial charge in [-0.2, -0.15) is 8.78 Å². The Morgan fingerprint density at radius 3 is 2.69 bits per heavy atom. The maximum Gasteiger partial charge on any atom is 0.377 e. The van der Waals surface area contributed by atoms with Gasteiger partial charge in [-0.15, -0.1) is 0 Å². The van der Waals surface area contributed by atoms with Gasteiger partial charge in [0.1, 0.15) is 6.10 Å². The third kappa shape index (κ3) is 3.38. The summed E-state index contributed by atoms with van der Waals surface area (Å²) in [5.41, 5.74) is -0.334. The normalized spacial score (nSPS) is 24.6. The molecule has 94 valence electrons. The van der Waals surface area contributed by atoms with Crippen LogP contribution in [0.25, 0.3) is 0 Å². The summed E-state index contributed by atoms with van der Waals surface area (Å²) in [6, 6.07) is 0. The van der Waals surface area contributed by atoms with Crippen LogP contribution in [0.15, 0.2) is 0 Å². The highest BCUT2D eigenvalue weighted by Gasteiger charge is 2.50. The van der Waals surface area contributed by atoms with E-state index in [1.807, 2.05) is 13.8 Å². The first kappa shape index (κ1) is 13.3. The van der Waals surface area contributed by atoms with Crippen molar-refractivity contribution in [1.29, 1.82) is 0 Å². The Hall–Kier alpha value is -0.750. The highest BCUT2D eigenvalue weighted by atomic mass is 19.3. The highest BCUT2D eigenvalue weighted by molar-refractivity contribution is 5.79. The molecule has 0 bridgehead atoms. The molecule has 0 aromatic rings. The van der Waals surface area contributed by atoms with Crippen molar-refractivity contribution in [3.63, 3.8) is 0 Å². The SMILES string of the molecule is COCC(C)(C)NCC1CC(F)(F)C(=O)O1.